The van der Waals surface area contributed by atoms with Gasteiger partial charge in [0.05, 0.1) is 5.60 Å². The molecule has 26 heavy (non-hydrogen) atoms. The maximum Gasteiger partial charge on any atom is 0.165 e. The molecule has 1 N–H and O–H groups in total. The zero-order chi connectivity index (χ0) is 18.9. The molecule has 0 radical (unpaired) electrons. The molecule has 3 rings (SSSR count). The number of epoxide rings is 1. The van der Waals surface area contributed by atoms with Crippen LogP contribution in [-0.4, -0.2) is 48.0 Å². The molecule has 1 fully saturated rings. The number of ketones is 1. The largest absolute Gasteiger partial charge is 0.358 e. The monoisotopic (exact) mass is 354 g/mol. The summed E-state index contributed by atoms with van der Waals surface area (Å²) in [7, 11) is 4.19. The minimum absolute atomic E-state index is 0.190. The average molecular weight is 354 g/mol. The number of H-pyrrole nitrogens is 1. The smallest absolute Gasteiger partial charge is 0.165 e. The standard InChI is InChI=1S/C22H30N2O2/c1-15(14-20(25)21-22(2,3)26-21)10-11-19-17(12-13-24(4)5)16-8-6-7-9-18(16)23-19/h6-11,15,21,23H,12-14H2,1-5H3/b11-10+. The van der Waals surface area contributed by atoms with Crippen molar-refractivity contribution in [1.29, 1.82) is 0 Å². The topological polar surface area (TPSA) is 48.6 Å². The summed E-state index contributed by atoms with van der Waals surface area (Å²) in [4.78, 5) is 18.0. The molecule has 4 heteroatoms. The first kappa shape index (κ1) is 18.9. The van der Waals surface area contributed by atoms with Crippen LogP contribution in [-0.2, 0) is 16.0 Å². The molecule has 0 bridgehead atoms. The molecule has 0 amide bonds. The van der Waals surface area contributed by atoms with E-state index in [0.29, 0.717) is 6.42 Å². The van der Waals surface area contributed by atoms with E-state index in [9.17, 15) is 4.79 Å². The Morgan fingerprint density at radius 3 is 2.69 bits per heavy atom. The second-order valence-electron chi connectivity index (χ2n) is 8.22. The quantitative estimate of drug-likeness (QED) is 0.727. The zero-order valence-electron chi connectivity index (χ0n) is 16.5. The van der Waals surface area contributed by atoms with Gasteiger partial charge in [-0.2, -0.15) is 0 Å². The lowest BCUT2D eigenvalue weighted by atomic mass is 9.97. The molecule has 2 atom stereocenters. The number of allylic oxidation sites excluding steroid dienone is 1. The molecule has 0 saturated carbocycles. The summed E-state index contributed by atoms with van der Waals surface area (Å²) < 4.78 is 5.46. The molecular weight excluding hydrogens is 324 g/mol. The summed E-state index contributed by atoms with van der Waals surface area (Å²) in [6.07, 6.45) is 5.58. The Morgan fingerprint density at radius 1 is 1.35 bits per heavy atom. The fourth-order valence-electron chi connectivity index (χ4n) is 3.44. The highest BCUT2D eigenvalue weighted by Gasteiger charge is 2.52. The van der Waals surface area contributed by atoms with Crippen molar-refractivity contribution in [3.05, 3.63) is 41.6 Å². The molecule has 2 heterocycles. The summed E-state index contributed by atoms with van der Waals surface area (Å²) in [6, 6.07) is 8.43. The number of carbonyl (C=O) groups is 1. The van der Waals surface area contributed by atoms with E-state index in [4.69, 9.17) is 4.74 Å². The fraction of sp³-hybridized carbons (Fsp3) is 0.500. The Morgan fingerprint density at radius 2 is 2.04 bits per heavy atom. The van der Waals surface area contributed by atoms with Crippen molar-refractivity contribution < 1.29 is 9.53 Å². The Balaban J connectivity index is 1.73. The molecule has 2 unspecified atom stereocenters. The number of para-hydroxylation sites is 1. The maximum absolute atomic E-state index is 12.3. The minimum Gasteiger partial charge on any atom is -0.358 e. The lowest BCUT2D eigenvalue weighted by Gasteiger charge is -2.10. The predicted molar refractivity (Wildman–Crippen MR) is 107 cm³/mol. The third-order valence-electron chi connectivity index (χ3n) is 5.06. The van der Waals surface area contributed by atoms with Crippen LogP contribution < -0.4 is 0 Å². The van der Waals surface area contributed by atoms with E-state index in [1.54, 1.807) is 0 Å². The number of nitrogens with zero attached hydrogens (tertiary/aromatic N) is 1. The molecule has 1 aromatic heterocycles. The Kier molecular flexibility index (Phi) is 5.35. The van der Waals surface area contributed by atoms with Gasteiger partial charge in [-0.1, -0.05) is 31.2 Å². The van der Waals surface area contributed by atoms with Gasteiger partial charge in [0.15, 0.2) is 5.78 Å². The van der Waals surface area contributed by atoms with E-state index in [1.165, 1.54) is 10.9 Å². The molecule has 140 valence electrons. The van der Waals surface area contributed by atoms with Crippen LogP contribution >= 0.6 is 0 Å². The number of fused-ring (bicyclic) bond motifs is 1. The number of ether oxygens (including phenoxy) is 1. The van der Waals surface area contributed by atoms with E-state index in [-0.39, 0.29) is 23.4 Å². The minimum atomic E-state index is -0.267. The predicted octanol–water partition coefficient (Wildman–Crippen LogP) is 4.06. The second kappa shape index (κ2) is 7.37. The summed E-state index contributed by atoms with van der Waals surface area (Å²) in [5.41, 5.74) is 3.39. The third kappa shape index (κ3) is 4.25. The number of aromatic nitrogens is 1. The molecule has 0 spiro atoms. The second-order valence-corrected chi connectivity index (χ2v) is 8.22. The number of nitrogens with one attached hydrogen (secondary N) is 1. The van der Waals surface area contributed by atoms with Gasteiger partial charge in [0.1, 0.15) is 6.10 Å². The van der Waals surface area contributed by atoms with Crippen molar-refractivity contribution in [2.45, 2.75) is 45.3 Å². The number of hydrogen-bond acceptors (Lipinski definition) is 3. The molecule has 1 saturated heterocycles. The lowest BCUT2D eigenvalue weighted by molar-refractivity contribution is -0.120. The van der Waals surface area contributed by atoms with Crippen LogP contribution in [0, 0.1) is 5.92 Å². The first-order valence-corrected chi connectivity index (χ1v) is 9.41. The highest BCUT2D eigenvalue weighted by atomic mass is 16.6. The first-order valence-electron chi connectivity index (χ1n) is 9.41. The van der Waals surface area contributed by atoms with Crippen LogP contribution in [0.25, 0.3) is 17.0 Å². The van der Waals surface area contributed by atoms with Crippen molar-refractivity contribution in [2.24, 2.45) is 5.92 Å². The van der Waals surface area contributed by atoms with Crippen LogP contribution in [0.2, 0.25) is 0 Å². The van der Waals surface area contributed by atoms with Crippen molar-refractivity contribution in [2.75, 3.05) is 20.6 Å². The summed E-state index contributed by atoms with van der Waals surface area (Å²) in [5.74, 6) is 0.396. The summed E-state index contributed by atoms with van der Waals surface area (Å²) >= 11 is 0. The Bertz CT molecular complexity index is 817. The number of hydrogen-bond donors (Lipinski definition) is 1. The molecular formula is C22H30N2O2. The van der Waals surface area contributed by atoms with Crippen LogP contribution in [0.3, 0.4) is 0 Å². The van der Waals surface area contributed by atoms with Gasteiger partial charge in [0.2, 0.25) is 0 Å². The number of rotatable bonds is 8. The van der Waals surface area contributed by atoms with E-state index in [1.807, 2.05) is 13.8 Å². The maximum atomic E-state index is 12.3. The molecule has 1 aromatic carbocycles. The number of Topliss-reactive ketones (excluding diaryl/α,β-unsaturated/α-hetero) is 1. The number of likely N-dealkylation sites (N-methyl/N-ethyl adjacent to an activating group) is 1. The highest BCUT2D eigenvalue weighted by molar-refractivity contribution is 5.88. The van der Waals surface area contributed by atoms with Gasteiger partial charge < -0.3 is 14.6 Å². The van der Waals surface area contributed by atoms with Crippen LogP contribution in [0.4, 0.5) is 0 Å². The van der Waals surface area contributed by atoms with Gasteiger partial charge in [-0.3, -0.25) is 4.79 Å². The van der Waals surface area contributed by atoms with E-state index < -0.39 is 0 Å². The van der Waals surface area contributed by atoms with Gasteiger partial charge in [0, 0.05) is 29.6 Å². The summed E-state index contributed by atoms with van der Waals surface area (Å²) in [5, 5.41) is 1.28. The van der Waals surface area contributed by atoms with Crippen LogP contribution in [0.15, 0.2) is 30.3 Å². The molecule has 1 aliphatic heterocycles. The van der Waals surface area contributed by atoms with Crippen molar-refractivity contribution in [1.82, 2.24) is 9.88 Å². The van der Waals surface area contributed by atoms with Gasteiger partial charge in [0.25, 0.3) is 0 Å². The Labute approximate surface area is 156 Å². The summed E-state index contributed by atoms with van der Waals surface area (Å²) in [6.45, 7) is 7.03. The van der Waals surface area contributed by atoms with Crippen LogP contribution in [0.5, 0.6) is 0 Å². The van der Waals surface area contributed by atoms with E-state index >= 15 is 0 Å². The first-order chi connectivity index (χ1) is 12.3. The Hall–Kier alpha value is -1.91. The van der Waals surface area contributed by atoms with Gasteiger partial charge >= 0.3 is 0 Å². The van der Waals surface area contributed by atoms with Gasteiger partial charge in [-0.25, -0.2) is 0 Å². The third-order valence-corrected chi connectivity index (χ3v) is 5.06. The van der Waals surface area contributed by atoms with Crippen molar-refractivity contribution in [3.63, 3.8) is 0 Å². The molecule has 2 aromatic rings. The van der Waals surface area contributed by atoms with E-state index in [0.717, 1.165) is 24.2 Å². The normalized spacial score (nSPS) is 20.2. The van der Waals surface area contributed by atoms with Gasteiger partial charge in [-0.05, 0) is 58.0 Å². The van der Waals surface area contributed by atoms with Crippen molar-refractivity contribution in [3.8, 4) is 0 Å². The van der Waals surface area contributed by atoms with Gasteiger partial charge in [-0.15, -0.1) is 0 Å². The number of carbonyl (C=O) groups excluding carboxylic acids is 1. The van der Waals surface area contributed by atoms with Crippen molar-refractivity contribution >= 4 is 22.8 Å². The highest BCUT2D eigenvalue weighted by Crippen LogP contribution is 2.37. The lowest BCUT2D eigenvalue weighted by Crippen LogP contribution is -2.16. The zero-order valence-corrected chi connectivity index (χ0v) is 16.5. The number of benzene rings is 1. The molecule has 0 aliphatic carbocycles. The molecule has 4 nitrogen and oxygen atoms in total. The number of aromatic amines is 1. The van der Waals surface area contributed by atoms with E-state index in [2.05, 4.69) is 67.3 Å². The average Bonchev–Trinajstić information content (AvgIpc) is 3.08. The van der Waals surface area contributed by atoms with Crippen LogP contribution in [0.1, 0.15) is 38.4 Å². The SMILES string of the molecule is CC(/C=C/c1[nH]c2ccccc2c1CCN(C)C)CC(=O)C1OC1(C)C. The fourth-order valence-corrected chi connectivity index (χ4v) is 3.44. The molecule has 1 aliphatic rings.